The molecule has 1 unspecified atom stereocenters. The quantitative estimate of drug-likeness (QED) is 0.219. The van der Waals surface area contributed by atoms with Crippen molar-refractivity contribution in [2.75, 3.05) is 13.2 Å². The third-order valence-electron chi connectivity index (χ3n) is 7.22. The van der Waals surface area contributed by atoms with Gasteiger partial charge in [-0.2, -0.15) is 0 Å². The summed E-state index contributed by atoms with van der Waals surface area (Å²) in [6.07, 6.45) is 1.97. The fraction of sp³-hybridized carbons (Fsp3) is 0.333. The van der Waals surface area contributed by atoms with Gasteiger partial charge >= 0.3 is 0 Å². The molecule has 39 heavy (non-hydrogen) atoms. The molecule has 202 valence electrons. The average Bonchev–Trinajstić information content (AvgIpc) is 3.17. The highest BCUT2D eigenvalue weighted by Gasteiger charge is 2.43. The molecule has 0 saturated carbocycles. The second-order valence-electron chi connectivity index (χ2n) is 10.3. The number of benzene rings is 3. The Bertz CT molecular complexity index is 1590. The van der Waals surface area contributed by atoms with Crippen molar-refractivity contribution in [1.82, 2.24) is 4.90 Å². The van der Waals surface area contributed by atoms with Gasteiger partial charge in [-0.3, -0.25) is 9.59 Å². The zero-order valence-corrected chi connectivity index (χ0v) is 23.3. The van der Waals surface area contributed by atoms with Crippen molar-refractivity contribution in [2.24, 2.45) is 0 Å². The van der Waals surface area contributed by atoms with Gasteiger partial charge in [0.15, 0.2) is 16.9 Å². The fourth-order valence-corrected chi connectivity index (χ4v) is 5.32. The molecular weight excluding hydrogens is 490 g/mol. The minimum absolute atomic E-state index is 0.107. The molecule has 0 radical (unpaired) electrons. The van der Waals surface area contributed by atoms with Gasteiger partial charge in [0.2, 0.25) is 5.76 Å². The molecule has 1 aromatic heterocycles. The van der Waals surface area contributed by atoms with Crippen LogP contribution in [0.5, 0.6) is 11.5 Å². The Morgan fingerprint density at radius 2 is 1.64 bits per heavy atom. The Morgan fingerprint density at radius 1 is 0.872 bits per heavy atom. The molecule has 6 heteroatoms. The van der Waals surface area contributed by atoms with Crippen molar-refractivity contribution in [2.45, 2.75) is 60.0 Å². The SMILES string of the molecule is CCCCOc1ccc(C2c3c(oc4cc(C)cc(C)c4c3=O)C(=O)N2Cc2ccc(C)cc2)cc1OCC. The number of hydrogen-bond acceptors (Lipinski definition) is 5. The molecule has 0 bridgehead atoms. The van der Waals surface area contributed by atoms with Crippen LogP contribution < -0.4 is 14.9 Å². The predicted octanol–water partition coefficient (Wildman–Crippen LogP) is 7.04. The summed E-state index contributed by atoms with van der Waals surface area (Å²) < 4.78 is 18.2. The van der Waals surface area contributed by atoms with E-state index in [2.05, 4.69) is 6.92 Å². The molecule has 5 rings (SSSR count). The zero-order valence-electron chi connectivity index (χ0n) is 23.3. The highest BCUT2D eigenvalue weighted by atomic mass is 16.5. The van der Waals surface area contributed by atoms with Gasteiger partial charge in [-0.05, 0) is 74.6 Å². The maximum absolute atomic E-state index is 14.1. The molecule has 1 aliphatic rings. The summed E-state index contributed by atoms with van der Waals surface area (Å²) in [7, 11) is 0. The van der Waals surface area contributed by atoms with Crippen LogP contribution in [0.25, 0.3) is 11.0 Å². The van der Waals surface area contributed by atoms with Crippen LogP contribution in [0.3, 0.4) is 0 Å². The summed E-state index contributed by atoms with van der Waals surface area (Å²) in [5.41, 5.74) is 5.33. The molecule has 0 fully saturated rings. The van der Waals surface area contributed by atoms with Crippen molar-refractivity contribution >= 4 is 16.9 Å². The lowest BCUT2D eigenvalue weighted by atomic mass is 9.96. The molecule has 4 aromatic rings. The summed E-state index contributed by atoms with van der Waals surface area (Å²) in [6, 6.07) is 16.9. The number of carbonyl (C=O) groups is 1. The lowest BCUT2D eigenvalue weighted by Gasteiger charge is -2.26. The topological polar surface area (TPSA) is 69.0 Å². The van der Waals surface area contributed by atoms with Crippen LogP contribution >= 0.6 is 0 Å². The van der Waals surface area contributed by atoms with Crippen molar-refractivity contribution in [1.29, 1.82) is 0 Å². The second kappa shape index (κ2) is 11.0. The first-order chi connectivity index (χ1) is 18.8. The van der Waals surface area contributed by atoms with Gasteiger partial charge in [0.05, 0.1) is 30.2 Å². The highest BCUT2D eigenvalue weighted by molar-refractivity contribution is 5.99. The van der Waals surface area contributed by atoms with Crippen LogP contribution in [-0.2, 0) is 6.54 Å². The van der Waals surface area contributed by atoms with Crippen molar-refractivity contribution in [3.8, 4) is 11.5 Å². The van der Waals surface area contributed by atoms with E-state index in [1.54, 1.807) is 4.90 Å². The Kier molecular flexibility index (Phi) is 7.47. The summed E-state index contributed by atoms with van der Waals surface area (Å²) in [6.45, 7) is 11.3. The normalized spacial score (nSPS) is 14.6. The molecule has 1 amide bonds. The number of carbonyl (C=O) groups excluding carboxylic acids is 1. The first-order valence-corrected chi connectivity index (χ1v) is 13.7. The number of hydrogen-bond donors (Lipinski definition) is 0. The van der Waals surface area contributed by atoms with Gasteiger partial charge in [-0.25, -0.2) is 0 Å². The highest BCUT2D eigenvalue weighted by Crippen LogP contribution is 2.42. The first-order valence-electron chi connectivity index (χ1n) is 13.7. The predicted molar refractivity (Wildman–Crippen MR) is 153 cm³/mol. The van der Waals surface area contributed by atoms with E-state index in [1.807, 2.05) is 82.3 Å². The van der Waals surface area contributed by atoms with Gasteiger partial charge in [0.25, 0.3) is 5.91 Å². The van der Waals surface area contributed by atoms with Crippen molar-refractivity contribution in [3.05, 3.63) is 104 Å². The largest absolute Gasteiger partial charge is 0.490 e. The molecule has 2 heterocycles. The average molecular weight is 526 g/mol. The van der Waals surface area contributed by atoms with Crippen LogP contribution in [0.15, 0.2) is 63.8 Å². The molecule has 0 N–H and O–H groups in total. The summed E-state index contributed by atoms with van der Waals surface area (Å²) in [4.78, 5) is 29.7. The summed E-state index contributed by atoms with van der Waals surface area (Å²) >= 11 is 0. The molecule has 0 saturated heterocycles. The van der Waals surface area contributed by atoms with E-state index in [0.717, 1.165) is 40.7 Å². The second-order valence-corrected chi connectivity index (χ2v) is 10.3. The zero-order chi connectivity index (χ0) is 27.7. The number of aryl methyl sites for hydroxylation is 3. The van der Waals surface area contributed by atoms with E-state index >= 15 is 0 Å². The van der Waals surface area contributed by atoms with Gasteiger partial charge in [0.1, 0.15) is 5.58 Å². The van der Waals surface area contributed by atoms with Crippen molar-refractivity contribution < 1.29 is 18.7 Å². The molecule has 3 aromatic carbocycles. The Morgan fingerprint density at radius 3 is 2.36 bits per heavy atom. The first kappa shape index (κ1) is 26.5. The molecule has 6 nitrogen and oxygen atoms in total. The standard InChI is InChI=1S/C33H35NO5/c1-6-8-15-38-25-14-13-24(18-26(25)37-7-2)30-29-31(35)28-22(5)16-21(4)17-27(28)39-32(29)33(36)34(30)19-23-11-9-20(3)10-12-23/h9-14,16-18,30H,6-8,15,19H2,1-5H3. The summed E-state index contributed by atoms with van der Waals surface area (Å²) in [5.74, 6) is 1.06. The van der Waals surface area contributed by atoms with Crippen LogP contribution in [0.2, 0.25) is 0 Å². The van der Waals surface area contributed by atoms with Crippen LogP contribution in [-0.4, -0.2) is 24.0 Å². The van der Waals surface area contributed by atoms with E-state index in [4.69, 9.17) is 13.9 Å². The van der Waals surface area contributed by atoms with Gasteiger partial charge < -0.3 is 18.8 Å². The minimum Gasteiger partial charge on any atom is -0.490 e. The third kappa shape index (κ3) is 5.03. The van der Waals surface area contributed by atoms with E-state index < -0.39 is 6.04 Å². The number of amides is 1. The fourth-order valence-electron chi connectivity index (χ4n) is 5.32. The van der Waals surface area contributed by atoms with Gasteiger partial charge in [0, 0.05) is 6.54 Å². The molecular formula is C33H35NO5. The maximum Gasteiger partial charge on any atom is 0.291 e. The summed E-state index contributed by atoms with van der Waals surface area (Å²) in [5, 5.41) is 0.513. The van der Waals surface area contributed by atoms with Crippen LogP contribution in [0.4, 0.5) is 0 Å². The Labute approximate surface area is 229 Å². The van der Waals surface area contributed by atoms with E-state index in [0.29, 0.717) is 47.8 Å². The Balaban J connectivity index is 1.68. The Hall–Kier alpha value is -4.06. The smallest absolute Gasteiger partial charge is 0.291 e. The molecule has 1 aliphatic heterocycles. The van der Waals surface area contributed by atoms with Crippen molar-refractivity contribution in [3.63, 3.8) is 0 Å². The lowest BCUT2D eigenvalue weighted by molar-refractivity contribution is 0.0714. The van der Waals surface area contributed by atoms with E-state index in [1.165, 1.54) is 0 Å². The lowest BCUT2D eigenvalue weighted by Crippen LogP contribution is -2.29. The molecule has 1 atom stereocenters. The maximum atomic E-state index is 14.1. The number of nitrogens with zero attached hydrogens (tertiary/aromatic N) is 1. The number of rotatable bonds is 9. The van der Waals surface area contributed by atoms with Gasteiger partial charge in [-0.15, -0.1) is 0 Å². The van der Waals surface area contributed by atoms with Gasteiger partial charge in [-0.1, -0.05) is 55.3 Å². The van der Waals surface area contributed by atoms with E-state index in [-0.39, 0.29) is 17.1 Å². The minimum atomic E-state index is -0.626. The number of ether oxygens (including phenoxy) is 2. The van der Waals surface area contributed by atoms with E-state index in [9.17, 15) is 9.59 Å². The van der Waals surface area contributed by atoms with Crippen LogP contribution in [0.1, 0.15) is 76.7 Å². The molecule has 0 aliphatic carbocycles. The number of fused-ring (bicyclic) bond motifs is 2. The third-order valence-corrected chi connectivity index (χ3v) is 7.22. The monoisotopic (exact) mass is 525 g/mol. The molecule has 0 spiro atoms. The number of unbranched alkanes of at least 4 members (excludes halogenated alkanes) is 1. The van der Waals surface area contributed by atoms with Crippen LogP contribution in [0, 0.1) is 20.8 Å².